The number of ether oxygens (including phenoxy) is 1. The Labute approximate surface area is 154 Å². The van der Waals surface area contributed by atoms with Crippen LogP contribution in [-0.2, 0) is 14.5 Å². The summed E-state index contributed by atoms with van der Waals surface area (Å²) in [7, 11) is 0. The first-order valence-corrected chi connectivity index (χ1v) is 9.57. The molecule has 4 unspecified atom stereocenters. The molecule has 0 amide bonds. The Morgan fingerprint density at radius 1 is 0.962 bits per heavy atom. The van der Waals surface area contributed by atoms with Crippen molar-refractivity contribution in [2.75, 3.05) is 6.61 Å². The van der Waals surface area contributed by atoms with Gasteiger partial charge < -0.3 is 4.74 Å². The highest BCUT2D eigenvalue weighted by Crippen LogP contribution is 2.54. The predicted octanol–water partition coefficient (Wildman–Crippen LogP) is 5.23. The first-order valence-electron chi connectivity index (χ1n) is 9.57. The van der Waals surface area contributed by atoms with Gasteiger partial charge in [0.25, 0.3) is 0 Å². The molecule has 1 aliphatic heterocycles. The maximum absolute atomic E-state index is 6.20. The summed E-state index contributed by atoms with van der Waals surface area (Å²) in [5.74, 6) is 0.748. The number of hydrogen-bond donors (Lipinski definition) is 0. The molecule has 3 fully saturated rings. The highest BCUT2D eigenvalue weighted by Gasteiger charge is 2.56. The average molecular weight is 348 g/mol. The van der Waals surface area contributed by atoms with Gasteiger partial charge in [-0.25, -0.2) is 9.78 Å². The van der Waals surface area contributed by atoms with E-state index in [2.05, 4.69) is 55.1 Å². The number of fused-ring (bicyclic) bond motifs is 3. The molecule has 1 spiro atoms. The van der Waals surface area contributed by atoms with Crippen LogP contribution in [0.15, 0.2) is 61.2 Å². The fraction of sp³-hybridized carbons (Fsp3) is 0.391. The Balaban J connectivity index is 1.26. The van der Waals surface area contributed by atoms with Crippen molar-refractivity contribution in [2.45, 2.75) is 37.6 Å². The van der Waals surface area contributed by atoms with Crippen molar-refractivity contribution in [3.05, 3.63) is 66.7 Å². The van der Waals surface area contributed by atoms with Gasteiger partial charge in [0, 0.05) is 12.3 Å². The van der Waals surface area contributed by atoms with E-state index >= 15 is 0 Å². The molecule has 4 atom stereocenters. The van der Waals surface area contributed by atoms with Crippen molar-refractivity contribution in [1.29, 1.82) is 0 Å². The van der Waals surface area contributed by atoms with Gasteiger partial charge in [-0.2, -0.15) is 0 Å². The van der Waals surface area contributed by atoms with E-state index in [1.807, 2.05) is 6.07 Å². The van der Waals surface area contributed by atoms with Crippen LogP contribution in [0.4, 0.5) is 0 Å². The van der Waals surface area contributed by atoms with Crippen molar-refractivity contribution in [2.24, 2.45) is 11.8 Å². The molecule has 1 heterocycles. The summed E-state index contributed by atoms with van der Waals surface area (Å²) in [6.07, 6.45) is 4.45. The first-order chi connectivity index (χ1) is 12.7. The lowest BCUT2D eigenvalue weighted by Gasteiger charge is -2.41. The molecular weight excluding hydrogens is 324 g/mol. The molecule has 134 valence electrons. The number of benzene rings is 2. The summed E-state index contributed by atoms with van der Waals surface area (Å²) in [4.78, 5) is 11.6. The Morgan fingerprint density at radius 3 is 2.35 bits per heavy atom. The largest absolute Gasteiger partial charge is 0.344 e. The van der Waals surface area contributed by atoms with Crippen molar-refractivity contribution >= 4 is 5.57 Å². The lowest BCUT2D eigenvalue weighted by atomic mass is 9.93. The zero-order chi connectivity index (χ0) is 17.6. The van der Waals surface area contributed by atoms with Crippen molar-refractivity contribution < 1.29 is 14.5 Å². The maximum atomic E-state index is 6.20. The predicted molar refractivity (Wildman–Crippen MR) is 101 cm³/mol. The van der Waals surface area contributed by atoms with Gasteiger partial charge in [-0.1, -0.05) is 61.2 Å². The third-order valence-electron chi connectivity index (χ3n) is 6.27. The molecule has 0 radical (unpaired) electrons. The van der Waals surface area contributed by atoms with E-state index in [1.165, 1.54) is 30.4 Å². The topological polar surface area (TPSA) is 27.7 Å². The molecule has 0 aromatic heterocycles. The second-order valence-corrected chi connectivity index (χ2v) is 7.84. The van der Waals surface area contributed by atoms with E-state index in [1.54, 1.807) is 0 Å². The van der Waals surface area contributed by atoms with Gasteiger partial charge in [-0.05, 0) is 47.4 Å². The Morgan fingerprint density at radius 2 is 1.73 bits per heavy atom. The highest BCUT2D eigenvalue weighted by atomic mass is 17.2. The van der Waals surface area contributed by atoms with E-state index in [4.69, 9.17) is 14.5 Å². The normalized spacial score (nSPS) is 32.8. The molecule has 3 heteroatoms. The van der Waals surface area contributed by atoms with Crippen LogP contribution in [0.25, 0.3) is 16.7 Å². The van der Waals surface area contributed by atoms with E-state index in [9.17, 15) is 0 Å². The SMILES string of the molecule is C=C(c1ccc(-c2ccccc2)cc1)C1COC2(CC3CCC2C3)OO1. The van der Waals surface area contributed by atoms with Gasteiger partial charge >= 0.3 is 0 Å². The van der Waals surface area contributed by atoms with Crippen molar-refractivity contribution in [1.82, 2.24) is 0 Å². The van der Waals surface area contributed by atoms with Crippen molar-refractivity contribution in [3.8, 4) is 11.1 Å². The van der Waals surface area contributed by atoms with Gasteiger partial charge in [-0.15, -0.1) is 0 Å². The van der Waals surface area contributed by atoms with Crippen LogP contribution in [0.5, 0.6) is 0 Å². The molecule has 2 aromatic rings. The molecule has 2 aliphatic carbocycles. The first kappa shape index (κ1) is 16.2. The molecule has 0 N–H and O–H groups in total. The minimum Gasteiger partial charge on any atom is -0.344 e. The lowest BCUT2D eigenvalue weighted by Crippen LogP contribution is -2.48. The second kappa shape index (κ2) is 6.34. The Kier molecular flexibility index (Phi) is 3.96. The van der Waals surface area contributed by atoms with Crippen LogP contribution < -0.4 is 0 Å². The summed E-state index contributed by atoms with van der Waals surface area (Å²) in [5.41, 5.74) is 4.37. The van der Waals surface area contributed by atoms with Crippen LogP contribution in [0.2, 0.25) is 0 Å². The van der Waals surface area contributed by atoms with Gasteiger partial charge in [0.05, 0.1) is 6.61 Å². The molecule has 2 saturated carbocycles. The van der Waals surface area contributed by atoms with Crippen LogP contribution in [0, 0.1) is 11.8 Å². The summed E-state index contributed by atoms with van der Waals surface area (Å²) in [6, 6.07) is 18.8. The molecule has 3 aliphatic rings. The summed E-state index contributed by atoms with van der Waals surface area (Å²) < 4.78 is 6.20. The van der Waals surface area contributed by atoms with Crippen molar-refractivity contribution in [3.63, 3.8) is 0 Å². The zero-order valence-electron chi connectivity index (χ0n) is 14.9. The average Bonchev–Trinajstić information content (AvgIpc) is 3.30. The third-order valence-corrected chi connectivity index (χ3v) is 6.27. The summed E-state index contributed by atoms with van der Waals surface area (Å²) in [5, 5.41) is 0. The van der Waals surface area contributed by atoms with Gasteiger partial charge in [-0.3, -0.25) is 0 Å². The molecule has 5 rings (SSSR count). The fourth-order valence-corrected chi connectivity index (χ4v) is 4.77. The number of hydrogen-bond acceptors (Lipinski definition) is 3. The Bertz CT molecular complexity index is 788. The minimum absolute atomic E-state index is 0.248. The van der Waals surface area contributed by atoms with Gasteiger partial charge in [0.2, 0.25) is 5.79 Å². The fourth-order valence-electron chi connectivity index (χ4n) is 4.77. The molecule has 1 saturated heterocycles. The standard InChI is InChI=1S/C23H24O3/c1-16(18-8-10-20(11-9-18)19-5-3-2-4-6-19)22-15-24-23(26-25-22)14-17-7-12-21(23)13-17/h2-6,8-11,17,21-22H,1,7,12-15H2. The quantitative estimate of drug-likeness (QED) is 0.711. The van der Waals surface area contributed by atoms with Gasteiger partial charge in [0.1, 0.15) is 6.10 Å². The van der Waals surface area contributed by atoms with E-state index in [0.29, 0.717) is 12.5 Å². The van der Waals surface area contributed by atoms with E-state index in [0.717, 1.165) is 23.5 Å². The Hall–Kier alpha value is -1.94. The molecule has 26 heavy (non-hydrogen) atoms. The smallest absolute Gasteiger partial charge is 0.204 e. The monoisotopic (exact) mass is 348 g/mol. The second-order valence-electron chi connectivity index (χ2n) is 7.84. The maximum Gasteiger partial charge on any atom is 0.204 e. The van der Waals surface area contributed by atoms with Crippen LogP contribution >= 0.6 is 0 Å². The van der Waals surface area contributed by atoms with E-state index in [-0.39, 0.29) is 6.10 Å². The third kappa shape index (κ3) is 2.71. The number of rotatable bonds is 3. The summed E-state index contributed by atoms with van der Waals surface area (Å²) >= 11 is 0. The summed E-state index contributed by atoms with van der Waals surface area (Å²) in [6.45, 7) is 4.75. The minimum atomic E-state index is -0.489. The van der Waals surface area contributed by atoms with Gasteiger partial charge in [0.15, 0.2) is 0 Å². The van der Waals surface area contributed by atoms with Crippen LogP contribution in [0.1, 0.15) is 31.2 Å². The molecule has 2 bridgehead atoms. The van der Waals surface area contributed by atoms with E-state index < -0.39 is 5.79 Å². The highest BCUT2D eigenvalue weighted by molar-refractivity contribution is 5.71. The molecular formula is C23H24O3. The zero-order valence-corrected chi connectivity index (χ0v) is 14.9. The van der Waals surface area contributed by atoms with Crippen LogP contribution in [-0.4, -0.2) is 18.5 Å². The molecule has 3 nitrogen and oxygen atoms in total. The van der Waals surface area contributed by atoms with Crippen LogP contribution in [0.3, 0.4) is 0 Å². The molecule has 2 aromatic carbocycles. The lowest BCUT2D eigenvalue weighted by molar-refractivity contribution is -0.488.